The number of nitrogens with zero attached hydrogens (tertiary/aromatic N) is 2. The molecule has 0 radical (unpaired) electrons. The Bertz CT molecular complexity index is 402. The van der Waals surface area contributed by atoms with E-state index in [1.54, 1.807) is 0 Å². The van der Waals surface area contributed by atoms with Crippen molar-refractivity contribution < 1.29 is 9.53 Å². The Hall–Kier alpha value is -1.69. The average molecular weight is 236 g/mol. The number of amides is 1. The van der Waals surface area contributed by atoms with E-state index >= 15 is 0 Å². The van der Waals surface area contributed by atoms with E-state index in [1.807, 2.05) is 0 Å². The zero-order valence-corrected chi connectivity index (χ0v) is 9.50. The number of nitrogens with two attached hydrogens (primary N) is 2. The molecular formula is C11H16N4O2. The average Bonchev–Trinajstić information content (AvgIpc) is 2.32. The molecule has 0 unspecified atom stereocenters. The third-order valence-corrected chi connectivity index (χ3v) is 2.90. The number of primary amides is 1. The molecule has 0 saturated heterocycles. The minimum absolute atomic E-state index is 0.0459. The van der Waals surface area contributed by atoms with Crippen LogP contribution in [0, 0.1) is 0 Å². The van der Waals surface area contributed by atoms with Gasteiger partial charge in [0.1, 0.15) is 6.10 Å². The molecule has 1 saturated carbocycles. The number of carbonyl (C=O) groups is 1. The quantitative estimate of drug-likeness (QED) is 0.781. The van der Waals surface area contributed by atoms with Crippen LogP contribution < -0.4 is 16.2 Å². The van der Waals surface area contributed by atoms with Gasteiger partial charge in [-0.3, -0.25) is 4.79 Å². The maximum absolute atomic E-state index is 11.1. The van der Waals surface area contributed by atoms with Crippen molar-refractivity contribution in [3.63, 3.8) is 0 Å². The predicted molar refractivity (Wildman–Crippen MR) is 61.4 cm³/mol. The summed E-state index contributed by atoms with van der Waals surface area (Å²) in [7, 11) is 0. The van der Waals surface area contributed by atoms with Crippen molar-refractivity contribution in [3.05, 3.63) is 18.1 Å². The van der Waals surface area contributed by atoms with Crippen LogP contribution in [0.15, 0.2) is 12.4 Å². The summed E-state index contributed by atoms with van der Waals surface area (Å²) in [4.78, 5) is 19.0. The van der Waals surface area contributed by atoms with Crippen LogP contribution >= 0.6 is 0 Å². The molecule has 1 amide bonds. The molecule has 4 N–H and O–H groups in total. The summed E-state index contributed by atoms with van der Waals surface area (Å²) in [5.74, 6) is -0.402. The first-order valence-corrected chi connectivity index (χ1v) is 5.70. The van der Waals surface area contributed by atoms with Crippen molar-refractivity contribution in [1.29, 1.82) is 0 Å². The van der Waals surface area contributed by atoms with Crippen molar-refractivity contribution in [1.82, 2.24) is 9.97 Å². The normalized spacial score (nSPS) is 24.3. The van der Waals surface area contributed by atoms with Gasteiger partial charge >= 0.3 is 0 Å². The molecule has 1 aromatic rings. The van der Waals surface area contributed by atoms with Gasteiger partial charge in [-0.15, -0.1) is 0 Å². The molecule has 2 rings (SSSR count). The third-order valence-electron chi connectivity index (χ3n) is 2.90. The van der Waals surface area contributed by atoms with E-state index in [4.69, 9.17) is 16.2 Å². The third kappa shape index (κ3) is 2.91. The smallest absolute Gasteiger partial charge is 0.272 e. The molecular weight excluding hydrogens is 220 g/mol. The lowest BCUT2D eigenvalue weighted by molar-refractivity contribution is 0.0976. The zero-order chi connectivity index (χ0) is 12.3. The summed E-state index contributed by atoms with van der Waals surface area (Å²) in [6.07, 6.45) is 6.55. The van der Waals surface area contributed by atoms with Gasteiger partial charge in [0.05, 0.1) is 0 Å². The molecule has 0 aliphatic heterocycles. The van der Waals surface area contributed by atoms with Gasteiger partial charge in [-0.1, -0.05) is 0 Å². The lowest BCUT2D eigenvalue weighted by Crippen LogP contribution is -2.32. The van der Waals surface area contributed by atoms with Crippen LogP contribution in [-0.4, -0.2) is 28.0 Å². The molecule has 0 spiro atoms. The van der Waals surface area contributed by atoms with Crippen LogP contribution in [0.5, 0.6) is 5.88 Å². The summed E-state index contributed by atoms with van der Waals surface area (Å²) in [6, 6.07) is 0.257. The second kappa shape index (κ2) is 5.09. The van der Waals surface area contributed by atoms with E-state index in [1.165, 1.54) is 12.4 Å². The Morgan fingerprint density at radius 3 is 2.53 bits per heavy atom. The molecule has 1 fully saturated rings. The fourth-order valence-corrected chi connectivity index (χ4v) is 1.94. The molecule has 17 heavy (non-hydrogen) atoms. The van der Waals surface area contributed by atoms with Crippen LogP contribution in [0.1, 0.15) is 36.2 Å². The van der Waals surface area contributed by atoms with Gasteiger partial charge in [0.25, 0.3) is 5.91 Å². The van der Waals surface area contributed by atoms with Gasteiger partial charge in [-0.25, -0.2) is 9.97 Å². The lowest BCUT2D eigenvalue weighted by Gasteiger charge is -2.26. The molecule has 1 aliphatic rings. The topological polar surface area (TPSA) is 104 Å². The molecule has 0 bridgehead atoms. The SMILES string of the molecule is NC(=O)c1nccnc1OC1CCC(N)CC1. The molecule has 1 heterocycles. The summed E-state index contributed by atoms with van der Waals surface area (Å²) >= 11 is 0. The number of hydrogen-bond donors (Lipinski definition) is 2. The maximum Gasteiger partial charge on any atom is 0.272 e. The fourth-order valence-electron chi connectivity index (χ4n) is 1.94. The summed E-state index contributed by atoms with van der Waals surface area (Å²) in [5.41, 5.74) is 11.1. The fraction of sp³-hybridized carbons (Fsp3) is 0.545. The molecule has 6 heteroatoms. The highest BCUT2D eigenvalue weighted by atomic mass is 16.5. The largest absolute Gasteiger partial charge is 0.473 e. The second-order valence-electron chi connectivity index (χ2n) is 4.23. The van der Waals surface area contributed by atoms with Gasteiger partial charge in [-0.2, -0.15) is 0 Å². The molecule has 1 aliphatic carbocycles. The van der Waals surface area contributed by atoms with Crippen molar-refractivity contribution >= 4 is 5.91 Å². The first-order chi connectivity index (χ1) is 8.16. The molecule has 0 aromatic carbocycles. The van der Waals surface area contributed by atoms with E-state index in [-0.39, 0.29) is 23.7 Å². The standard InChI is InChI=1S/C11H16N4O2/c12-7-1-3-8(4-2-7)17-11-9(10(13)16)14-5-6-15-11/h5-8H,1-4,12H2,(H2,13,16). The van der Waals surface area contributed by atoms with E-state index in [2.05, 4.69) is 9.97 Å². The number of ether oxygens (including phenoxy) is 1. The Kier molecular flexibility index (Phi) is 3.53. The van der Waals surface area contributed by atoms with Gasteiger partial charge < -0.3 is 16.2 Å². The Balaban J connectivity index is 2.05. The number of aromatic nitrogens is 2. The monoisotopic (exact) mass is 236 g/mol. The highest BCUT2D eigenvalue weighted by Crippen LogP contribution is 2.22. The van der Waals surface area contributed by atoms with Gasteiger partial charge in [0.15, 0.2) is 5.69 Å². The summed E-state index contributed by atoms with van der Waals surface area (Å²) in [5, 5.41) is 0. The first kappa shape index (κ1) is 11.8. The van der Waals surface area contributed by atoms with Gasteiger partial charge in [0, 0.05) is 18.4 Å². The Labute approximate surface area is 99.4 Å². The molecule has 92 valence electrons. The minimum Gasteiger partial charge on any atom is -0.473 e. The summed E-state index contributed by atoms with van der Waals surface area (Å²) < 4.78 is 5.67. The van der Waals surface area contributed by atoms with Crippen LogP contribution in [-0.2, 0) is 0 Å². The zero-order valence-electron chi connectivity index (χ0n) is 9.50. The van der Waals surface area contributed by atoms with E-state index < -0.39 is 5.91 Å². The van der Waals surface area contributed by atoms with Crippen molar-refractivity contribution in [2.75, 3.05) is 0 Å². The van der Waals surface area contributed by atoms with Crippen molar-refractivity contribution in [2.45, 2.75) is 37.8 Å². The highest BCUT2D eigenvalue weighted by Gasteiger charge is 2.22. The lowest BCUT2D eigenvalue weighted by atomic mass is 9.94. The predicted octanol–water partition coefficient (Wildman–Crippen LogP) is 0.224. The van der Waals surface area contributed by atoms with Gasteiger partial charge in [-0.05, 0) is 25.7 Å². The molecule has 0 atom stereocenters. The maximum atomic E-state index is 11.1. The minimum atomic E-state index is -0.624. The summed E-state index contributed by atoms with van der Waals surface area (Å²) in [6.45, 7) is 0. The Morgan fingerprint density at radius 1 is 1.24 bits per heavy atom. The van der Waals surface area contributed by atoms with E-state index in [0.717, 1.165) is 25.7 Å². The van der Waals surface area contributed by atoms with E-state index in [0.29, 0.717) is 0 Å². The molecule has 1 aromatic heterocycles. The Morgan fingerprint density at radius 2 is 1.88 bits per heavy atom. The number of hydrogen-bond acceptors (Lipinski definition) is 5. The van der Waals surface area contributed by atoms with Crippen molar-refractivity contribution in [2.24, 2.45) is 11.5 Å². The highest BCUT2D eigenvalue weighted by molar-refractivity contribution is 5.92. The van der Waals surface area contributed by atoms with Crippen LogP contribution in [0.25, 0.3) is 0 Å². The van der Waals surface area contributed by atoms with Gasteiger partial charge in [0.2, 0.25) is 5.88 Å². The first-order valence-electron chi connectivity index (χ1n) is 5.70. The number of carbonyl (C=O) groups excluding carboxylic acids is 1. The molecule has 6 nitrogen and oxygen atoms in total. The van der Waals surface area contributed by atoms with E-state index in [9.17, 15) is 4.79 Å². The van der Waals surface area contributed by atoms with Crippen LogP contribution in [0.2, 0.25) is 0 Å². The van der Waals surface area contributed by atoms with Crippen LogP contribution in [0.3, 0.4) is 0 Å². The van der Waals surface area contributed by atoms with Crippen LogP contribution in [0.4, 0.5) is 0 Å². The number of rotatable bonds is 3. The van der Waals surface area contributed by atoms with Crippen molar-refractivity contribution in [3.8, 4) is 5.88 Å². The second-order valence-corrected chi connectivity index (χ2v) is 4.23.